The summed E-state index contributed by atoms with van der Waals surface area (Å²) >= 11 is 0. The lowest BCUT2D eigenvalue weighted by Gasteiger charge is -2.21. The van der Waals surface area contributed by atoms with Crippen LogP contribution in [0.15, 0.2) is 65.3 Å². The first-order valence-corrected chi connectivity index (χ1v) is 9.26. The second-order valence-corrected chi connectivity index (χ2v) is 6.58. The second kappa shape index (κ2) is 8.10. The van der Waals surface area contributed by atoms with Gasteiger partial charge in [-0.05, 0) is 48.9 Å². The van der Waals surface area contributed by atoms with Crippen molar-refractivity contribution in [2.75, 3.05) is 18.5 Å². The highest BCUT2D eigenvalue weighted by atomic mass is 16.6. The van der Waals surface area contributed by atoms with Crippen LogP contribution in [0.2, 0.25) is 0 Å². The summed E-state index contributed by atoms with van der Waals surface area (Å²) in [5.41, 5.74) is 1.65. The first kappa shape index (κ1) is 18.6. The predicted octanol–water partition coefficient (Wildman–Crippen LogP) is 3.79. The van der Waals surface area contributed by atoms with Crippen LogP contribution in [0.3, 0.4) is 0 Å². The molecule has 1 unspecified atom stereocenters. The number of ether oxygens (including phenoxy) is 2. The molecule has 7 heteroatoms. The minimum Gasteiger partial charge on any atom is -0.486 e. The van der Waals surface area contributed by atoms with E-state index >= 15 is 0 Å². The van der Waals surface area contributed by atoms with E-state index in [2.05, 4.69) is 10.6 Å². The van der Waals surface area contributed by atoms with Crippen LogP contribution >= 0.6 is 0 Å². The molecule has 3 aromatic rings. The minimum absolute atomic E-state index is 0.171. The third-order valence-electron chi connectivity index (χ3n) is 4.58. The molecule has 0 aliphatic carbocycles. The van der Waals surface area contributed by atoms with Crippen molar-refractivity contribution in [3.8, 4) is 11.5 Å². The van der Waals surface area contributed by atoms with E-state index in [4.69, 9.17) is 13.9 Å². The number of furan rings is 1. The first-order chi connectivity index (χ1) is 14.1. The Morgan fingerprint density at radius 3 is 2.52 bits per heavy atom. The third kappa shape index (κ3) is 4.08. The van der Waals surface area contributed by atoms with Gasteiger partial charge < -0.3 is 24.5 Å². The van der Waals surface area contributed by atoms with Gasteiger partial charge in [0.2, 0.25) is 0 Å². The van der Waals surface area contributed by atoms with E-state index in [-0.39, 0.29) is 17.7 Å². The van der Waals surface area contributed by atoms with E-state index in [0.717, 1.165) is 5.56 Å². The molecule has 1 atom stereocenters. The van der Waals surface area contributed by atoms with Crippen molar-refractivity contribution < 1.29 is 23.5 Å². The fourth-order valence-electron chi connectivity index (χ4n) is 3.07. The lowest BCUT2D eigenvalue weighted by Crippen LogP contribution is -2.28. The zero-order chi connectivity index (χ0) is 20.2. The number of fused-ring (bicyclic) bond motifs is 1. The number of para-hydroxylation sites is 1. The molecule has 2 N–H and O–H groups in total. The summed E-state index contributed by atoms with van der Waals surface area (Å²) in [4.78, 5) is 25.1. The van der Waals surface area contributed by atoms with Crippen molar-refractivity contribution in [3.63, 3.8) is 0 Å². The average molecular weight is 392 g/mol. The molecule has 0 saturated carbocycles. The van der Waals surface area contributed by atoms with Crippen LogP contribution in [0.1, 0.15) is 39.4 Å². The summed E-state index contributed by atoms with van der Waals surface area (Å²) in [5.74, 6) is 0.813. The van der Waals surface area contributed by atoms with E-state index in [0.29, 0.717) is 36.0 Å². The van der Waals surface area contributed by atoms with Crippen LogP contribution < -0.4 is 20.1 Å². The Kier molecular flexibility index (Phi) is 5.20. The third-order valence-corrected chi connectivity index (χ3v) is 4.58. The van der Waals surface area contributed by atoms with Gasteiger partial charge in [0.05, 0.1) is 23.6 Å². The molecule has 1 aliphatic rings. The summed E-state index contributed by atoms with van der Waals surface area (Å²) in [6, 6.07) is 15.3. The van der Waals surface area contributed by atoms with Crippen LogP contribution in [-0.4, -0.2) is 25.0 Å². The van der Waals surface area contributed by atoms with Gasteiger partial charge in [0.25, 0.3) is 11.8 Å². The Balaban J connectivity index is 1.49. The van der Waals surface area contributed by atoms with Crippen LogP contribution in [0, 0.1) is 0 Å². The van der Waals surface area contributed by atoms with Gasteiger partial charge in [-0.2, -0.15) is 0 Å². The molecule has 0 saturated heterocycles. The molecule has 148 valence electrons. The molecular weight excluding hydrogens is 372 g/mol. The number of anilines is 1. The molecule has 2 aromatic carbocycles. The lowest BCUT2D eigenvalue weighted by atomic mass is 10.1. The summed E-state index contributed by atoms with van der Waals surface area (Å²) in [6.45, 7) is 2.91. The lowest BCUT2D eigenvalue weighted by molar-refractivity contribution is 0.0940. The highest BCUT2D eigenvalue weighted by molar-refractivity contribution is 6.07. The summed E-state index contributed by atoms with van der Waals surface area (Å²) in [5, 5.41) is 5.68. The van der Waals surface area contributed by atoms with Crippen LogP contribution in [0.4, 0.5) is 5.69 Å². The largest absolute Gasteiger partial charge is 0.486 e. The number of amides is 2. The van der Waals surface area contributed by atoms with Crippen molar-refractivity contribution >= 4 is 17.5 Å². The number of carbonyl (C=O) groups is 2. The zero-order valence-corrected chi connectivity index (χ0v) is 15.8. The van der Waals surface area contributed by atoms with Crippen LogP contribution in [0.5, 0.6) is 11.5 Å². The van der Waals surface area contributed by atoms with Crippen LogP contribution in [-0.2, 0) is 0 Å². The molecule has 1 aliphatic heterocycles. The Bertz CT molecular complexity index is 1030. The minimum atomic E-state index is -0.421. The Labute approximate surface area is 167 Å². The number of hydrogen-bond acceptors (Lipinski definition) is 5. The average Bonchev–Trinajstić information content (AvgIpc) is 3.29. The van der Waals surface area contributed by atoms with Gasteiger partial charge in [0.15, 0.2) is 17.3 Å². The molecule has 0 radical (unpaired) electrons. The number of hydrogen-bond donors (Lipinski definition) is 2. The SMILES string of the molecule is CC(NC(=O)c1ccccc1NC(=O)c1ccco1)c1ccc2c(c1)OCCO2. The van der Waals surface area contributed by atoms with Crippen molar-refractivity contribution in [2.24, 2.45) is 0 Å². The second-order valence-electron chi connectivity index (χ2n) is 6.58. The predicted molar refractivity (Wildman–Crippen MR) is 106 cm³/mol. The number of nitrogens with one attached hydrogen (secondary N) is 2. The van der Waals surface area contributed by atoms with E-state index < -0.39 is 5.91 Å². The maximum absolute atomic E-state index is 12.9. The normalized spacial score (nSPS) is 13.4. The molecule has 2 heterocycles. The number of carbonyl (C=O) groups excluding carboxylic acids is 2. The van der Waals surface area contributed by atoms with E-state index in [9.17, 15) is 9.59 Å². The van der Waals surface area contributed by atoms with Crippen molar-refractivity contribution in [1.29, 1.82) is 0 Å². The van der Waals surface area contributed by atoms with Crippen molar-refractivity contribution in [3.05, 3.63) is 77.7 Å². The summed E-state index contributed by atoms with van der Waals surface area (Å²) < 4.78 is 16.2. The monoisotopic (exact) mass is 392 g/mol. The molecular formula is C22H20N2O5. The van der Waals surface area contributed by atoms with Crippen LogP contribution in [0.25, 0.3) is 0 Å². The number of benzene rings is 2. The molecule has 4 rings (SSSR count). The fraction of sp³-hybridized carbons (Fsp3) is 0.182. The van der Waals surface area contributed by atoms with E-state index in [1.54, 1.807) is 36.4 Å². The molecule has 7 nitrogen and oxygen atoms in total. The molecule has 2 amide bonds. The van der Waals surface area contributed by atoms with Gasteiger partial charge in [0.1, 0.15) is 13.2 Å². The Hall–Kier alpha value is -3.74. The highest BCUT2D eigenvalue weighted by Gasteiger charge is 2.19. The molecule has 29 heavy (non-hydrogen) atoms. The molecule has 1 aromatic heterocycles. The topological polar surface area (TPSA) is 89.8 Å². The molecule has 0 spiro atoms. The Morgan fingerprint density at radius 2 is 1.72 bits per heavy atom. The van der Waals surface area contributed by atoms with Gasteiger partial charge >= 0.3 is 0 Å². The van der Waals surface area contributed by atoms with Crippen molar-refractivity contribution in [1.82, 2.24) is 5.32 Å². The maximum Gasteiger partial charge on any atom is 0.291 e. The maximum atomic E-state index is 12.9. The van der Waals surface area contributed by atoms with Crippen molar-refractivity contribution in [2.45, 2.75) is 13.0 Å². The standard InChI is InChI=1S/C22H20N2O5/c1-14(15-8-9-18-20(13-15)29-12-11-28-18)23-21(25)16-5-2-3-6-17(16)24-22(26)19-7-4-10-27-19/h2-10,13-14H,11-12H2,1H3,(H,23,25)(H,24,26). The molecule has 0 fully saturated rings. The smallest absolute Gasteiger partial charge is 0.291 e. The van der Waals surface area contributed by atoms with Gasteiger partial charge in [-0.3, -0.25) is 9.59 Å². The number of rotatable bonds is 5. The van der Waals surface area contributed by atoms with E-state index in [1.165, 1.54) is 6.26 Å². The van der Waals surface area contributed by atoms with E-state index in [1.807, 2.05) is 25.1 Å². The highest BCUT2D eigenvalue weighted by Crippen LogP contribution is 2.32. The first-order valence-electron chi connectivity index (χ1n) is 9.26. The summed E-state index contributed by atoms with van der Waals surface area (Å²) in [6.07, 6.45) is 1.42. The zero-order valence-electron chi connectivity index (χ0n) is 15.8. The molecule has 0 bridgehead atoms. The quantitative estimate of drug-likeness (QED) is 0.689. The van der Waals surface area contributed by atoms with Gasteiger partial charge in [0, 0.05) is 0 Å². The Morgan fingerprint density at radius 1 is 0.931 bits per heavy atom. The van der Waals surface area contributed by atoms with Gasteiger partial charge in [-0.1, -0.05) is 18.2 Å². The van der Waals surface area contributed by atoms with Gasteiger partial charge in [-0.15, -0.1) is 0 Å². The fourth-order valence-corrected chi connectivity index (χ4v) is 3.07. The van der Waals surface area contributed by atoms with Gasteiger partial charge in [-0.25, -0.2) is 0 Å². The summed E-state index contributed by atoms with van der Waals surface area (Å²) in [7, 11) is 0.